The fourth-order valence-electron chi connectivity index (χ4n) is 2.82. The summed E-state index contributed by atoms with van der Waals surface area (Å²) in [4.78, 5) is 10.6. The molecule has 4 heteroatoms. The minimum Gasteiger partial charge on any atom is -0.293 e. The second-order valence-electron chi connectivity index (χ2n) is 6.04. The van der Waals surface area contributed by atoms with E-state index in [1.165, 1.54) is 11.1 Å². The van der Waals surface area contributed by atoms with Crippen LogP contribution >= 0.6 is 11.3 Å². The van der Waals surface area contributed by atoms with Gasteiger partial charge in [0.2, 0.25) is 0 Å². The second kappa shape index (κ2) is 9.47. The standard InChI is InChI=1S/C21H24N2OS/c1-2-9-20(18-12-7-4-8-13-18)24-23-19(21-22-14-15-25-21)16-17-10-5-3-6-11-17/h3-8,10-15,19-20,23H,2,9,16H2,1H3/t19-,20+/m0/s1. The van der Waals surface area contributed by atoms with E-state index in [1.54, 1.807) is 11.3 Å². The summed E-state index contributed by atoms with van der Waals surface area (Å²) in [5.74, 6) is 0. The first kappa shape index (κ1) is 17.8. The number of rotatable bonds is 9. The SMILES string of the molecule is CCC[C@@H](ON[C@@H](Cc1ccccc1)c1nccs1)c1ccccc1. The average Bonchev–Trinajstić information content (AvgIpc) is 3.20. The molecule has 1 N–H and O–H groups in total. The van der Waals surface area contributed by atoms with E-state index in [-0.39, 0.29) is 12.1 Å². The van der Waals surface area contributed by atoms with E-state index in [4.69, 9.17) is 4.84 Å². The van der Waals surface area contributed by atoms with Gasteiger partial charge in [0.15, 0.2) is 0 Å². The molecule has 0 aliphatic carbocycles. The summed E-state index contributed by atoms with van der Waals surface area (Å²) in [7, 11) is 0. The van der Waals surface area contributed by atoms with Crippen LogP contribution in [0.4, 0.5) is 0 Å². The van der Waals surface area contributed by atoms with Crippen LogP contribution in [0.2, 0.25) is 0 Å². The van der Waals surface area contributed by atoms with Crippen molar-refractivity contribution in [2.45, 2.75) is 38.3 Å². The summed E-state index contributed by atoms with van der Waals surface area (Å²) in [5.41, 5.74) is 5.77. The maximum atomic E-state index is 6.14. The zero-order valence-electron chi connectivity index (χ0n) is 14.5. The number of aromatic nitrogens is 1. The van der Waals surface area contributed by atoms with Gasteiger partial charge < -0.3 is 0 Å². The molecule has 3 nitrogen and oxygen atoms in total. The predicted molar refractivity (Wildman–Crippen MR) is 103 cm³/mol. The Balaban J connectivity index is 1.71. The molecule has 3 rings (SSSR count). The third-order valence-electron chi connectivity index (χ3n) is 4.11. The van der Waals surface area contributed by atoms with E-state index >= 15 is 0 Å². The third-order valence-corrected chi connectivity index (χ3v) is 5.00. The molecule has 0 spiro atoms. The van der Waals surface area contributed by atoms with Crippen molar-refractivity contribution in [3.63, 3.8) is 0 Å². The quantitative estimate of drug-likeness (QED) is 0.517. The fraction of sp³-hybridized carbons (Fsp3) is 0.286. The monoisotopic (exact) mass is 352 g/mol. The first-order chi connectivity index (χ1) is 12.4. The largest absolute Gasteiger partial charge is 0.293 e. The Morgan fingerprint density at radius 3 is 2.40 bits per heavy atom. The summed E-state index contributed by atoms with van der Waals surface area (Å²) < 4.78 is 0. The van der Waals surface area contributed by atoms with Gasteiger partial charge in [-0.15, -0.1) is 11.3 Å². The molecule has 0 amide bonds. The Labute approximate surface area is 153 Å². The van der Waals surface area contributed by atoms with Gasteiger partial charge in [0.1, 0.15) is 11.1 Å². The molecule has 25 heavy (non-hydrogen) atoms. The van der Waals surface area contributed by atoms with Crippen LogP contribution in [-0.4, -0.2) is 4.98 Å². The van der Waals surface area contributed by atoms with Crippen molar-refractivity contribution >= 4 is 11.3 Å². The molecule has 0 bridgehead atoms. The number of nitrogens with one attached hydrogen (secondary N) is 1. The Morgan fingerprint density at radius 1 is 1.04 bits per heavy atom. The first-order valence-corrected chi connectivity index (χ1v) is 9.64. The third kappa shape index (κ3) is 5.23. The van der Waals surface area contributed by atoms with Gasteiger partial charge in [-0.05, 0) is 24.0 Å². The predicted octanol–water partition coefficient (Wildman–Crippen LogP) is 5.49. The molecular formula is C21H24N2OS. The Kier molecular flexibility index (Phi) is 6.74. The Hall–Kier alpha value is -2.01. The zero-order valence-corrected chi connectivity index (χ0v) is 15.3. The number of benzene rings is 2. The molecule has 0 fully saturated rings. The van der Waals surface area contributed by atoms with Crippen molar-refractivity contribution in [1.82, 2.24) is 10.5 Å². The van der Waals surface area contributed by atoms with Crippen LogP contribution in [0.1, 0.15) is 48.0 Å². The molecular weight excluding hydrogens is 328 g/mol. The maximum absolute atomic E-state index is 6.14. The van der Waals surface area contributed by atoms with Crippen LogP contribution in [0.3, 0.4) is 0 Å². The number of hydrogen-bond donors (Lipinski definition) is 1. The Bertz CT molecular complexity index is 716. The molecule has 0 aliphatic rings. The molecule has 2 atom stereocenters. The molecule has 0 aliphatic heterocycles. The molecule has 1 aromatic heterocycles. The van der Waals surface area contributed by atoms with Crippen molar-refractivity contribution in [2.24, 2.45) is 0 Å². The molecule has 3 aromatic rings. The van der Waals surface area contributed by atoms with E-state index in [0.29, 0.717) is 0 Å². The second-order valence-corrected chi connectivity index (χ2v) is 6.96. The van der Waals surface area contributed by atoms with Gasteiger partial charge in [-0.1, -0.05) is 74.0 Å². The van der Waals surface area contributed by atoms with Crippen LogP contribution in [-0.2, 0) is 11.3 Å². The molecule has 0 saturated heterocycles. The lowest BCUT2D eigenvalue weighted by molar-refractivity contribution is -0.0507. The molecule has 1 heterocycles. The highest BCUT2D eigenvalue weighted by atomic mass is 32.1. The lowest BCUT2D eigenvalue weighted by Gasteiger charge is -2.22. The minimum absolute atomic E-state index is 0.0458. The highest BCUT2D eigenvalue weighted by Crippen LogP contribution is 2.25. The van der Waals surface area contributed by atoms with Crippen LogP contribution in [0.5, 0.6) is 0 Å². The molecule has 2 aromatic carbocycles. The highest BCUT2D eigenvalue weighted by molar-refractivity contribution is 7.09. The lowest BCUT2D eigenvalue weighted by Crippen LogP contribution is -2.26. The van der Waals surface area contributed by atoms with E-state index in [2.05, 4.69) is 65.9 Å². The molecule has 0 radical (unpaired) electrons. The average molecular weight is 353 g/mol. The van der Waals surface area contributed by atoms with Crippen LogP contribution < -0.4 is 5.48 Å². The van der Waals surface area contributed by atoms with Crippen molar-refractivity contribution in [3.8, 4) is 0 Å². The van der Waals surface area contributed by atoms with Gasteiger partial charge in [-0.3, -0.25) is 4.84 Å². The summed E-state index contributed by atoms with van der Waals surface area (Å²) in [6.07, 6.45) is 4.79. The first-order valence-electron chi connectivity index (χ1n) is 8.76. The zero-order chi connectivity index (χ0) is 17.3. The number of thiazole rings is 1. The van der Waals surface area contributed by atoms with Crippen LogP contribution in [0.25, 0.3) is 0 Å². The summed E-state index contributed by atoms with van der Waals surface area (Å²) in [6.45, 7) is 2.18. The van der Waals surface area contributed by atoms with Gasteiger partial charge >= 0.3 is 0 Å². The number of hydroxylamine groups is 1. The molecule has 0 saturated carbocycles. The van der Waals surface area contributed by atoms with Crippen molar-refractivity contribution in [2.75, 3.05) is 0 Å². The summed E-state index contributed by atoms with van der Waals surface area (Å²) in [6, 6.07) is 20.9. The number of hydrogen-bond acceptors (Lipinski definition) is 4. The van der Waals surface area contributed by atoms with Gasteiger partial charge in [-0.2, -0.15) is 5.48 Å². The summed E-state index contributed by atoms with van der Waals surface area (Å²) in [5, 5.41) is 3.06. The lowest BCUT2D eigenvalue weighted by atomic mass is 10.1. The van der Waals surface area contributed by atoms with Crippen LogP contribution in [0.15, 0.2) is 72.2 Å². The smallest absolute Gasteiger partial charge is 0.112 e. The van der Waals surface area contributed by atoms with E-state index in [0.717, 1.165) is 24.3 Å². The highest BCUT2D eigenvalue weighted by Gasteiger charge is 2.18. The molecule has 0 unspecified atom stereocenters. The minimum atomic E-state index is 0.0458. The van der Waals surface area contributed by atoms with Crippen molar-refractivity contribution < 1.29 is 4.84 Å². The normalized spacial score (nSPS) is 13.5. The van der Waals surface area contributed by atoms with Gasteiger partial charge in [0.05, 0.1) is 6.04 Å². The van der Waals surface area contributed by atoms with Gasteiger partial charge in [0, 0.05) is 11.6 Å². The van der Waals surface area contributed by atoms with E-state index in [1.807, 2.05) is 23.7 Å². The van der Waals surface area contributed by atoms with E-state index < -0.39 is 0 Å². The number of nitrogens with zero attached hydrogens (tertiary/aromatic N) is 1. The van der Waals surface area contributed by atoms with Crippen LogP contribution in [0, 0.1) is 0 Å². The van der Waals surface area contributed by atoms with Gasteiger partial charge in [-0.25, -0.2) is 4.98 Å². The van der Waals surface area contributed by atoms with E-state index in [9.17, 15) is 0 Å². The molecule has 130 valence electrons. The fourth-order valence-corrected chi connectivity index (χ4v) is 3.50. The van der Waals surface area contributed by atoms with Crippen molar-refractivity contribution in [3.05, 3.63) is 88.4 Å². The summed E-state index contributed by atoms with van der Waals surface area (Å²) >= 11 is 1.66. The van der Waals surface area contributed by atoms with Crippen molar-refractivity contribution in [1.29, 1.82) is 0 Å². The maximum Gasteiger partial charge on any atom is 0.112 e. The topological polar surface area (TPSA) is 34.1 Å². The Morgan fingerprint density at radius 2 is 1.76 bits per heavy atom. The van der Waals surface area contributed by atoms with Gasteiger partial charge in [0.25, 0.3) is 0 Å².